The van der Waals surface area contributed by atoms with Crippen molar-refractivity contribution in [1.82, 2.24) is 19.5 Å². The Morgan fingerprint density at radius 1 is 0.758 bits per heavy atom. The summed E-state index contributed by atoms with van der Waals surface area (Å²) in [4.78, 5) is 12.6. The van der Waals surface area contributed by atoms with Gasteiger partial charge in [-0.3, -0.25) is 4.57 Å². The van der Waals surface area contributed by atoms with Crippen molar-refractivity contribution in [1.29, 1.82) is 0 Å². The van der Waals surface area contributed by atoms with Crippen LogP contribution in [0.15, 0.2) is 110 Å². The largest absolute Gasteiger partial charge is 0.382 e. The predicted molar refractivity (Wildman–Crippen MR) is 130 cm³/mol. The first kappa shape index (κ1) is 20.6. The van der Waals surface area contributed by atoms with Crippen molar-refractivity contribution >= 4 is 23.2 Å². The van der Waals surface area contributed by atoms with E-state index in [9.17, 15) is 0 Å². The molecule has 0 atom stereocenters. The number of ether oxygens (including phenoxy) is 1. The summed E-state index contributed by atoms with van der Waals surface area (Å²) in [5.41, 5.74) is 9.54. The minimum Gasteiger partial charge on any atom is -0.382 e. The molecule has 6 heteroatoms. The van der Waals surface area contributed by atoms with Crippen LogP contribution in [-0.4, -0.2) is 26.1 Å². The lowest BCUT2D eigenvalue weighted by molar-refractivity contribution is 0.0322. The zero-order valence-electron chi connectivity index (χ0n) is 18.0. The van der Waals surface area contributed by atoms with E-state index in [1.165, 1.54) is 6.33 Å². The molecule has 3 aromatic carbocycles. The molecule has 0 unspecified atom stereocenters. The number of imidazole rings is 1. The molecule has 2 aromatic heterocycles. The summed E-state index contributed by atoms with van der Waals surface area (Å²) in [7, 11) is 0. The Kier molecular flexibility index (Phi) is 5.66. The van der Waals surface area contributed by atoms with Gasteiger partial charge >= 0.3 is 0 Å². The second-order valence-electron chi connectivity index (χ2n) is 7.56. The van der Waals surface area contributed by atoms with Crippen LogP contribution < -0.4 is 5.73 Å². The third-order valence-electron chi connectivity index (χ3n) is 5.59. The Morgan fingerprint density at radius 2 is 1.30 bits per heavy atom. The summed E-state index contributed by atoms with van der Waals surface area (Å²) in [6.45, 7) is 0.360. The fourth-order valence-corrected chi connectivity index (χ4v) is 4.08. The van der Waals surface area contributed by atoms with Gasteiger partial charge in [-0.05, 0) is 22.8 Å². The predicted octanol–water partition coefficient (Wildman–Crippen LogP) is 4.89. The molecule has 0 aliphatic carbocycles. The van der Waals surface area contributed by atoms with Crippen molar-refractivity contribution in [3.05, 3.63) is 126 Å². The van der Waals surface area contributed by atoms with Crippen LogP contribution in [0.3, 0.4) is 0 Å². The number of hydrogen-bond donors (Lipinski definition) is 1. The van der Waals surface area contributed by atoms with Crippen molar-refractivity contribution in [2.45, 2.75) is 5.60 Å². The first-order valence-corrected chi connectivity index (χ1v) is 10.7. The minimum atomic E-state index is -0.766. The van der Waals surface area contributed by atoms with Gasteiger partial charge in [0.15, 0.2) is 17.0 Å². The van der Waals surface area contributed by atoms with Crippen LogP contribution in [0.25, 0.3) is 17.4 Å². The minimum absolute atomic E-state index is 0.360. The number of nitrogen functional groups attached to an aromatic ring is 1. The Morgan fingerprint density at radius 3 is 1.85 bits per heavy atom. The number of anilines is 1. The smallest absolute Gasteiger partial charge is 0.169 e. The lowest BCUT2D eigenvalue weighted by atomic mass is 9.80. The number of nitrogens with two attached hydrogens (primary N) is 1. The van der Waals surface area contributed by atoms with Gasteiger partial charge in [-0.2, -0.15) is 0 Å². The summed E-state index contributed by atoms with van der Waals surface area (Å²) < 4.78 is 8.56. The molecule has 5 aromatic rings. The molecule has 162 valence electrons. The molecule has 0 amide bonds. The fraction of sp³-hybridized carbons (Fsp3) is 0.0741. The number of hydrogen-bond acceptors (Lipinski definition) is 5. The standard InChI is InChI=1S/C27H23N5O/c28-25-24-26(30-19-29-25)32(20-31-24)17-10-18-33-27(21-11-4-1-5-12-21,22-13-6-2-7-14-22)23-15-8-3-9-16-23/h1-17,19-20H,18H2,(H2,28,29,30)/b17-10+. The molecular formula is C27H23N5O. The molecule has 5 rings (SSSR count). The summed E-state index contributed by atoms with van der Waals surface area (Å²) in [5.74, 6) is 0.361. The average Bonchev–Trinajstić information content (AvgIpc) is 3.30. The second kappa shape index (κ2) is 9.06. The first-order valence-electron chi connectivity index (χ1n) is 10.7. The lowest BCUT2D eigenvalue weighted by Crippen LogP contribution is -2.33. The van der Waals surface area contributed by atoms with Crippen LogP contribution in [0.4, 0.5) is 5.82 Å². The van der Waals surface area contributed by atoms with Crippen LogP contribution in [0.2, 0.25) is 0 Å². The monoisotopic (exact) mass is 433 g/mol. The van der Waals surface area contributed by atoms with E-state index in [1.54, 1.807) is 6.33 Å². The van der Waals surface area contributed by atoms with E-state index in [1.807, 2.05) is 71.4 Å². The van der Waals surface area contributed by atoms with Gasteiger partial charge in [-0.1, -0.05) is 91.0 Å². The number of benzene rings is 3. The van der Waals surface area contributed by atoms with E-state index < -0.39 is 5.60 Å². The van der Waals surface area contributed by atoms with Crippen LogP contribution in [0.5, 0.6) is 0 Å². The van der Waals surface area contributed by atoms with Gasteiger partial charge < -0.3 is 10.5 Å². The van der Waals surface area contributed by atoms with E-state index in [0.717, 1.165) is 16.7 Å². The van der Waals surface area contributed by atoms with Gasteiger partial charge in [0.25, 0.3) is 0 Å². The average molecular weight is 434 g/mol. The molecule has 2 N–H and O–H groups in total. The van der Waals surface area contributed by atoms with Gasteiger partial charge in [0, 0.05) is 6.20 Å². The molecule has 33 heavy (non-hydrogen) atoms. The first-order chi connectivity index (χ1) is 16.3. The quantitative estimate of drug-likeness (QED) is 0.370. The van der Waals surface area contributed by atoms with Crippen LogP contribution in [0, 0.1) is 0 Å². The Hall–Kier alpha value is -4.29. The molecular weight excluding hydrogens is 410 g/mol. The van der Waals surface area contributed by atoms with Crippen LogP contribution in [0.1, 0.15) is 16.7 Å². The zero-order chi connectivity index (χ0) is 22.5. The summed E-state index contributed by atoms with van der Waals surface area (Å²) in [5, 5.41) is 0. The maximum absolute atomic E-state index is 6.74. The van der Waals surface area contributed by atoms with E-state index >= 15 is 0 Å². The molecule has 0 fully saturated rings. The number of nitrogens with zero attached hydrogens (tertiary/aromatic N) is 4. The number of fused-ring (bicyclic) bond motifs is 1. The molecule has 0 spiro atoms. The number of rotatable bonds is 7. The highest BCUT2D eigenvalue weighted by Crippen LogP contribution is 2.40. The summed E-state index contributed by atoms with van der Waals surface area (Å²) in [6.07, 6.45) is 6.94. The topological polar surface area (TPSA) is 78.9 Å². The molecule has 0 saturated carbocycles. The summed E-state index contributed by atoms with van der Waals surface area (Å²) in [6, 6.07) is 30.9. The molecule has 0 aliphatic rings. The van der Waals surface area contributed by atoms with Gasteiger partial charge in [0.1, 0.15) is 18.3 Å². The van der Waals surface area contributed by atoms with E-state index in [4.69, 9.17) is 10.5 Å². The van der Waals surface area contributed by atoms with Crippen molar-refractivity contribution in [3.63, 3.8) is 0 Å². The SMILES string of the molecule is Nc1ncnc2c1ncn2/C=C/COC(c1ccccc1)(c1ccccc1)c1ccccc1. The maximum Gasteiger partial charge on any atom is 0.169 e. The second-order valence-corrected chi connectivity index (χ2v) is 7.56. The van der Waals surface area contributed by atoms with Gasteiger partial charge in [0.2, 0.25) is 0 Å². The maximum atomic E-state index is 6.74. The fourth-order valence-electron chi connectivity index (χ4n) is 4.08. The Labute approximate surface area is 192 Å². The highest BCUT2D eigenvalue weighted by Gasteiger charge is 2.37. The van der Waals surface area contributed by atoms with E-state index in [-0.39, 0.29) is 0 Å². The van der Waals surface area contributed by atoms with E-state index in [2.05, 4.69) is 51.4 Å². The Bertz CT molecular complexity index is 1270. The van der Waals surface area contributed by atoms with Crippen LogP contribution >= 0.6 is 0 Å². The summed E-state index contributed by atoms with van der Waals surface area (Å²) >= 11 is 0. The van der Waals surface area contributed by atoms with Crippen molar-refractivity contribution in [2.24, 2.45) is 0 Å². The highest BCUT2D eigenvalue weighted by molar-refractivity contribution is 5.82. The normalized spacial score (nSPS) is 11.9. The highest BCUT2D eigenvalue weighted by atomic mass is 16.5. The molecule has 0 bridgehead atoms. The van der Waals surface area contributed by atoms with Gasteiger partial charge in [-0.25, -0.2) is 15.0 Å². The van der Waals surface area contributed by atoms with Crippen molar-refractivity contribution < 1.29 is 4.74 Å². The third kappa shape index (κ3) is 3.88. The third-order valence-corrected chi connectivity index (χ3v) is 5.59. The molecule has 0 aliphatic heterocycles. The number of aromatic nitrogens is 4. The zero-order valence-corrected chi connectivity index (χ0v) is 18.0. The molecule has 6 nitrogen and oxygen atoms in total. The molecule has 0 radical (unpaired) electrons. The van der Waals surface area contributed by atoms with Gasteiger partial charge in [-0.15, -0.1) is 0 Å². The van der Waals surface area contributed by atoms with Crippen LogP contribution in [-0.2, 0) is 10.3 Å². The van der Waals surface area contributed by atoms with Crippen molar-refractivity contribution in [3.8, 4) is 0 Å². The lowest BCUT2D eigenvalue weighted by Gasteiger charge is -2.35. The Balaban J connectivity index is 1.53. The van der Waals surface area contributed by atoms with E-state index in [0.29, 0.717) is 23.6 Å². The van der Waals surface area contributed by atoms with Gasteiger partial charge in [0.05, 0.1) is 6.61 Å². The van der Waals surface area contributed by atoms with Crippen molar-refractivity contribution in [2.75, 3.05) is 12.3 Å². The molecule has 2 heterocycles. The molecule has 0 saturated heterocycles.